The third-order valence-corrected chi connectivity index (χ3v) is 6.61. The lowest BCUT2D eigenvalue weighted by molar-refractivity contribution is -0.122. The lowest BCUT2D eigenvalue weighted by Gasteiger charge is -2.18. The molecule has 1 amide bonds. The Morgan fingerprint density at radius 1 is 0.939 bits per heavy atom. The maximum Gasteiger partial charge on any atom is 0.244 e. The second-order valence-corrected chi connectivity index (χ2v) is 8.86. The van der Waals surface area contributed by atoms with Crippen LogP contribution in [0.1, 0.15) is 23.3 Å². The van der Waals surface area contributed by atoms with Gasteiger partial charge in [-0.1, -0.05) is 83.9 Å². The maximum absolute atomic E-state index is 13.0. The van der Waals surface area contributed by atoms with E-state index in [0.29, 0.717) is 27.1 Å². The first-order valence-corrected chi connectivity index (χ1v) is 11.3. The Morgan fingerprint density at radius 2 is 1.61 bits per heavy atom. The summed E-state index contributed by atoms with van der Waals surface area (Å²) in [7, 11) is 0. The minimum atomic E-state index is -0.330. The van der Waals surface area contributed by atoms with Crippen LogP contribution in [0.15, 0.2) is 101 Å². The van der Waals surface area contributed by atoms with Crippen LogP contribution in [0.3, 0.4) is 0 Å². The second-order valence-electron chi connectivity index (χ2n) is 8.02. The Balaban J connectivity index is 1.31. The largest absolute Gasteiger partial charge is 0.455 e. The van der Waals surface area contributed by atoms with E-state index in [9.17, 15) is 4.79 Å². The molecular formula is C27H20Cl2N2O2. The zero-order valence-electron chi connectivity index (χ0n) is 17.5. The molecule has 1 aliphatic carbocycles. The number of hydrogen-bond donors (Lipinski definition) is 1. The van der Waals surface area contributed by atoms with Crippen molar-refractivity contribution in [1.82, 2.24) is 5.43 Å². The van der Waals surface area contributed by atoms with Gasteiger partial charge in [-0.3, -0.25) is 4.79 Å². The SMILES string of the molecule is O=C(NN=Cc1ccc(-c2cc(Cl)ccc2Cl)o1)[C@@H]1CC1(c1ccccc1)c1ccccc1. The third-order valence-electron chi connectivity index (χ3n) is 6.04. The van der Waals surface area contributed by atoms with Crippen LogP contribution in [0.4, 0.5) is 0 Å². The number of amides is 1. The van der Waals surface area contributed by atoms with Gasteiger partial charge in [0.15, 0.2) is 0 Å². The van der Waals surface area contributed by atoms with Gasteiger partial charge in [0.2, 0.25) is 5.91 Å². The Bertz CT molecular complexity index is 1280. The number of carbonyl (C=O) groups is 1. The van der Waals surface area contributed by atoms with Gasteiger partial charge < -0.3 is 4.42 Å². The lowest BCUT2D eigenvalue weighted by atomic mass is 9.85. The summed E-state index contributed by atoms with van der Waals surface area (Å²) >= 11 is 12.3. The first kappa shape index (κ1) is 21.5. The van der Waals surface area contributed by atoms with Crippen molar-refractivity contribution in [1.29, 1.82) is 0 Å². The summed E-state index contributed by atoms with van der Waals surface area (Å²) in [4.78, 5) is 13.0. The zero-order valence-corrected chi connectivity index (χ0v) is 19.1. The molecule has 1 N–H and O–H groups in total. The smallest absolute Gasteiger partial charge is 0.244 e. The van der Waals surface area contributed by atoms with E-state index >= 15 is 0 Å². The van der Waals surface area contributed by atoms with Crippen molar-refractivity contribution >= 4 is 35.3 Å². The van der Waals surface area contributed by atoms with Gasteiger partial charge in [-0.05, 0) is 47.9 Å². The summed E-state index contributed by atoms with van der Waals surface area (Å²) in [5, 5.41) is 5.23. The number of carbonyl (C=O) groups excluding carboxylic acids is 1. The highest BCUT2D eigenvalue weighted by atomic mass is 35.5. The van der Waals surface area contributed by atoms with E-state index in [4.69, 9.17) is 27.6 Å². The van der Waals surface area contributed by atoms with Crippen molar-refractivity contribution in [2.24, 2.45) is 11.0 Å². The highest BCUT2D eigenvalue weighted by molar-refractivity contribution is 6.35. The number of nitrogens with one attached hydrogen (secondary N) is 1. The number of benzene rings is 3. The molecule has 0 unspecified atom stereocenters. The topological polar surface area (TPSA) is 54.6 Å². The fourth-order valence-electron chi connectivity index (χ4n) is 4.35. The second kappa shape index (κ2) is 8.89. The van der Waals surface area contributed by atoms with Crippen molar-refractivity contribution in [2.75, 3.05) is 0 Å². The summed E-state index contributed by atoms with van der Waals surface area (Å²) in [6, 6.07) is 29.0. The van der Waals surface area contributed by atoms with E-state index < -0.39 is 0 Å². The van der Waals surface area contributed by atoms with E-state index in [-0.39, 0.29) is 17.2 Å². The molecular weight excluding hydrogens is 455 g/mol. The van der Waals surface area contributed by atoms with Crippen LogP contribution in [0.25, 0.3) is 11.3 Å². The average Bonchev–Trinajstić information content (AvgIpc) is 3.45. The molecule has 1 fully saturated rings. The van der Waals surface area contributed by atoms with Crippen LogP contribution in [0.5, 0.6) is 0 Å². The molecule has 1 saturated carbocycles. The van der Waals surface area contributed by atoms with E-state index in [1.165, 1.54) is 6.21 Å². The van der Waals surface area contributed by atoms with Gasteiger partial charge in [-0.25, -0.2) is 5.43 Å². The van der Waals surface area contributed by atoms with Gasteiger partial charge in [0.25, 0.3) is 0 Å². The minimum absolute atomic E-state index is 0.122. The highest BCUT2D eigenvalue weighted by Crippen LogP contribution is 2.58. The molecule has 0 spiro atoms. The standard InChI is InChI=1S/C27H20Cl2N2O2/c28-20-11-13-24(29)22(15-20)25-14-12-21(33-25)17-30-31-26(32)23-16-27(23,18-7-3-1-4-8-18)19-9-5-2-6-10-19/h1-15,17,23H,16H2,(H,31,32)/t23-/m0/s1. The van der Waals surface area contributed by atoms with Crippen molar-refractivity contribution in [3.63, 3.8) is 0 Å². The van der Waals surface area contributed by atoms with E-state index in [0.717, 1.165) is 17.5 Å². The lowest BCUT2D eigenvalue weighted by Crippen LogP contribution is -2.25. The molecule has 0 aliphatic heterocycles. The molecule has 5 rings (SSSR count). The van der Waals surface area contributed by atoms with E-state index in [1.54, 1.807) is 30.3 Å². The number of hydrogen-bond acceptors (Lipinski definition) is 3. The molecule has 0 bridgehead atoms. The van der Waals surface area contributed by atoms with Crippen LogP contribution in [0, 0.1) is 5.92 Å². The normalized spacial score (nSPS) is 16.6. The number of rotatable bonds is 6. The summed E-state index contributed by atoms with van der Waals surface area (Å²) < 4.78 is 5.80. The van der Waals surface area contributed by atoms with Crippen molar-refractivity contribution in [3.05, 3.63) is 118 Å². The number of hydrazone groups is 1. The third kappa shape index (κ3) is 4.20. The van der Waals surface area contributed by atoms with Crippen LogP contribution < -0.4 is 5.43 Å². The molecule has 4 nitrogen and oxygen atoms in total. The van der Waals surface area contributed by atoms with Crippen molar-refractivity contribution in [2.45, 2.75) is 11.8 Å². The molecule has 1 atom stereocenters. The highest BCUT2D eigenvalue weighted by Gasteiger charge is 2.60. The fourth-order valence-corrected chi connectivity index (χ4v) is 4.73. The maximum atomic E-state index is 13.0. The van der Waals surface area contributed by atoms with Gasteiger partial charge in [0.1, 0.15) is 11.5 Å². The Kier molecular flexibility index (Phi) is 5.79. The molecule has 1 aromatic heterocycles. The first-order valence-electron chi connectivity index (χ1n) is 10.6. The van der Waals surface area contributed by atoms with Crippen LogP contribution in [0.2, 0.25) is 10.0 Å². The Labute approximate surface area is 201 Å². The van der Waals surface area contributed by atoms with Crippen LogP contribution >= 0.6 is 23.2 Å². The van der Waals surface area contributed by atoms with Gasteiger partial charge in [0, 0.05) is 16.0 Å². The fraction of sp³-hybridized carbons (Fsp3) is 0.111. The summed E-state index contributed by atoms with van der Waals surface area (Å²) in [5.41, 5.74) is 5.31. The van der Waals surface area contributed by atoms with Gasteiger partial charge >= 0.3 is 0 Å². The molecule has 4 aromatic rings. The molecule has 6 heteroatoms. The molecule has 1 heterocycles. The van der Waals surface area contributed by atoms with Crippen molar-refractivity contribution < 1.29 is 9.21 Å². The summed E-state index contributed by atoms with van der Waals surface area (Å²) in [5.74, 6) is 0.750. The Hall–Kier alpha value is -3.34. The zero-order chi connectivity index (χ0) is 22.8. The predicted molar refractivity (Wildman–Crippen MR) is 132 cm³/mol. The summed E-state index contributed by atoms with van der Waals surface area (Å²) in [6.07, 6.45) is 2.22. The predicted octanol–water partition coefficient (Wildman–Crippen LogP) is 6.71. The minimum Gasteiger partial charge on any atom is -0.455 e. The molecule has 1 aliphatic rings. The first-order chi connectivity index (χ1) is 16.1. The molecule has 3 aromatic carbocycles. The molecule has 0 radical (unpaired) electrons. The average molecular weight is 475 g/mol. The molecule has 164 valence electrons. The summed E-state index contributed by atoms with van der Waals surface area (Å²) in [6.45, 7) is 0. The quantitative estimate of drug-likeness (QED) is 0.249. The number of nitrogens with zero attached hydrogens (tertiary/aromatic N) is 1. The molecule has 33 heavy (non-hydrogen) atoms. The van der Waals surface area contributed by atoms with Gasteiger partial charge in [-0.15, -0.1) is 0 Å². The number of halogens is 2. The monoisotopic (exact) mass is 474 g/mol. The van der Waals surface area contributed by atoms with E-state index in [1.807, 2.05) is 36.4 Å². The van der Waals surface area contributed by atoms with Gasteiger partial charge in [-0.2, -0.15) is 5.10 Å². The Morgan fingerprint density at radius 3 is 2.27 bits per heavy atom. The van der Waals surface area contributed by atoms with E-state index in [2.05, 4.69) is 34.8 Å². The number of furan rings is 1. The van der Waals surface area contributed by atoms with Crippen LogP contribution in [-0.4, -0.2) is 12.1 Å². The van der Waals surface area contributed by atoms with Crippen molar-refractivity contribution in [3.8, 4) is 11.3 Å². The molecule has 0 saturated heterocycles. The van der Waals surface area contributed by atoms with Crippen LogP contribution in [-0.2, 0) is 10.2 Å². The van der Waals surface area contributed by atoms with Gasteiger partial charge in [0.05, 0.1) is 17.2 Å².